The second-order valence-electron chi connectivity index (χ2n) is 5.04. The second-order valence-corrected chi connectivity index (χ2v) is 6.02. The minimum atomic E-state index is 0.352. The van der Waals surface area contributed by atoms with Crippen LogP contribution in [-0.4, -0.2) is 16.4 Å². The molecule has 0 unspecified atom stereocenters. The molecule has 2 N–H and O–H groups in total. The topological polar surface area (TPSA) is 29.3 Å². The first-order valence-electron chi connectivity index (χ1n) is 5.83. The number of nitrogens with zero attached hydrogens (tertiary/aromatic N) is 1. The summed E-state index contributed by atoms with van der Waals surface area (Å²) in [5.74, 6) is 1.02. The first-order valence-corrected chi connectivity index (χ1v) is 6.77. The van der Waals surface area contributed by atoms with Gasteiger partial charge in [0.15, 0.2) is 0 Å². The fourth-order valence-electron chi connectivity index (χ4n) is 2.16. The van der Waals surface area contributed by atoms with Crippen LogP contribution in [0.5, 0.6) is 0 Å². The Labute approximate surface area is 102 Å². The second kappa shape index (κ2) is 4.68. The molecule has 0 bridgehead atoms. The van der Waals surface area contributed by atoms with E-state index in [1.165, 1.54) is 24.9 Å². The van der Waals surface area contributed by atoms with Gasteiger partial charge >= 0.3 is 0 Å². The molecule has 2 nitrogen and oxygen atoms in total. The maximum absolute atomic E-state index is 5.77. The Balaban J connectivity index is 1.92. The molecule has 2 rings (SSSR count). The average molecular weight is 236 g/mol. The Morgan fingerprint density at radius 3 is 2.88 bits per heavy atom. The molecule has 1 fully saturated rings. The van der Waals surface area contributed by atoms with E-state index in [2.05, 4.69) is 30.3 Å². The van der Waals surface area contributed by atoms with Gasteiger partial charge in [-0.2, -0.15) is 0 Å². The monoisotopic (exact) mass is 236 g/mol. The molecule has 0 radical (unpaired) electrons. The van der Waals surface area contributed by atoms with Crippen molar-refractivity contribution in [2.75, 3.05) is 12.3 Å². The molecule has 1 aromatic carbocycles. The largest absolute Gasteiger partial charge is 0.399 e. The molecular weight excluding hydrogens is 216 g/mol. The molecule has 1 saturated heterocycles. The lowest BCUT2D eigenvalue weighted by Crippen LogP contribution is -2.32. The summed E-state index contributed by atoms with van der Waals surface area (Å²) in [5.41, 5.74) is 8.30. The third kappa shape index (κ3) is 2.71. The lowest BCUT2D eigenvalue weighted by atomic mass is 10.0. The summed E-state index contributed by atoms with van der Waals surface area (Å²) in [6.45, 7) is 5.86. The van der Waals surface area contributed by atoms with Gasteiger partial charge in [0.2, 0.25) is 0 Å². The van der Waals surface area contributed by atoms with Crippen LogP contribution in [0.2, 0.25) is 0 Å². The SMILES string of the molecule is CC1(C)CCCN1SCc1cccc(N)c1. The van der Waals surface area contributed by atoms with Crippen molar-refractivity contribution in [3.05, 3.63) is 29.8 Å². The highest BCUT2D eigenvalue weighted by atomic mass is 32.2. The minimum Gasteiger partial charge on any atom is -0.399 e. The molecule has 0 saturated carbocycles. The highest BCUT2D eigenvalue weighted by Crippen LogP contribution is 2.35. The fourth-order valence-corrected chi connectivity index (χ4v) is 3.34. The Morgan fingerprint density at radius 2 is 2.25 bits per heavy atom. The molecule has 0 spiro atoms. The molecule has 0 aromatic heterocycles. The molecule has 1 heterocycles. The van der Waals surface area contributed by atoms with Gasteiger partial charge in [0.05, 0.1) is 0 Å². The number of hydrogen-bond donors (Lipinski definition) is 1. The van der Waals surface area contributed by atoms with E-state index in [9.17, 15) is 0 Å². The van der Waals surface area contributed by atoms with E-state index in [0.29, 0.717) is 5.54 Å². The van der Waals surface area contributed by atoms with Crippen LogP contribution in [0.25, 0.3) is 0 Å². The summed E-state index contributed by atoms with van der Waals surface area (Å²) < 4.78 is 2.51. The smallest absolute Gasteiger partial charge is 0.0333 e. The Kier molecular flexibility index (Phi) is 3.45. The van der Waals surface area contributed by atoms with Crippen LogP contribution in [0.15, 0.2) is 24.3 Å². The van der Waals surface area contributed by atoms with E-state index in [-0.39, 0.29) is 0 Å². The lowest BCUT2D eigenvalue weighted by molar-refractivity contribution is 0.319. The summed E-state index contributed by atoms with van der Waals surface area (Å²) >= 11 is 1.93. The lowest BCUT2D eigenvalue weighted by Gasteiger charge is -2.30. The van der Waals surface area contributed by atoms with Crippen LogP contribution in [0, 0.1) is 0 Å². The number of rotatable bonds is 3. The maximum atomic E-state index is 5.77. The van der Waals surface area contributed by atoms with Crippen LogP contribution in [0.4, 0.5) is 5.69 Å². The Morgan fingerprint density at radius 1 is 1.44 bits per heavy atom. The van der Waals surface area contributed by atoms with Crippen molar-refractivity contribution in [3.63, 3.8) is 0 Å². The van der Waals surface area contributed by atoms with Gasteiger partial charge in [-0.05, 0) is 44.4 Å². The van der Waals surface area contributed by atoms with Crippen molar-refractivity contribution >= 4 is 17.6 Å². The molecule has 0 amide bonds. The number of nitrogen functional groups attached to an aromatic ring is 1. The van der Waals surface area contributed by atoms with E-state index in [1.807, 2.05) is 24.1 Å². The van der Waals surface area contributed by atoms with E-state index in [4.69, 9.17) is 5.73 Å². The molecule has 88 valence electrons. The third-order valence-corrected chi connectivity index (χ3v) is 4.61. The van der Waals surface area contributed by atoms with Crippen LogP contribution in [-0.2, 0) is 5.75 Å². The summed E-state index contributed by atoms with van der Waals surface area (Å²) in [6, 6.07) is 8.18. The number of nitrogens with two attached hydrogens (primary N) is 1. The summed E-state index contributed by atoms with van der Waals surface area (Å²) in [6.07, 6.45) is 2.62. The summed E-state index contributed by atoms with van der Waals surface area (Å²) in [5, 5.41) is 0. The molecule has 16 heavy (non-hydrogen) atoms. The molecule has 0 aliphatic carbocycles. The van der Waals surface area contributed by atoms with Crippen molar-refractivity contribution in [3.8, 4) is 0 Å². The van der Waals surface area contributed by atoms with E-state index >= 15 is 0 Å². The molecular formula is C13H20N2S. The van der Waals surface area contributed by atoms with Gasteiger partial charge < -0.3 is 5.73 Å². The molecule has 1 aromatic rings. The normalized spacial score (nSPS) is 20.1. The van der Waals surface area contributed by atoms with Crippen molar-refractivity contribution in [2.24, 2.45) is 0 Å². The molecule has 0 atom stereocenters. The van der Waals surface area contributed by atoms with Gasteiger partial charge in [-0.25, -0.2) is 4.31 Å². The van der Waals surface area contributed by atoms with Crippen LogP contribution >= 0.6 is 11.9 Å². The van der Waals surface area contributed by atoms with Crippen LogP contribution in [0.1, 0.15) is 32.3 Å². The fraction of sp³-hybridized carbons (Fsp3) is 0.538. The predicted molar refractivity (Wildman–Crippen MR) is 72.2 cm³/mol. The predicted octanol–water partition coefficient (Wildman–Crippen LogP) is 3.29. The molecule has 1 aliphatic rings. The number of benzene rings is 1. The summed E-state index contributed by atoms with van der Waals surface area (Å²) in [4.78, 5) is 0. The zero-order chi connectivity index (χ0) is 11.6. The highest BCUT2D eigenvalue weighted by Gasteiger charge is 2.31. The molecule has 3 heteroatoms. The van der Waals surface area contributed by atoms with Gasteiger partial charge in [0, 0.05) is 23.5 Å². The van der Waals surface area contributed by atoms with Crippen molar-refractivity contribution < 1.29 is 0 Å². The number of hydrogen-bond acceptors (Lipinski definition) is 3. The zero-order valence-corrected chi connectivity index (χ0v) is 10.9. The Hall–Kier alpha value is -0.670. The van der Waals surface area contributed by atoms with Crippen molar-refractivity contribution in [1.29, 1.82) is 0 Å². The number of anilines is 1. The van der Waals surface area contributed by atoms with Gasteiger partial charge in [-0.1, -0.05) is 24.1 Å². The van der Waals surface area contributed by atoms with E-state index in [0.717, 1.165) is 11.4 Å². The van der Waals surface area contributed by atoms with Gasteiger partial charge in [-0.15, -0.1) is 0 Å². The minimum absolute atomic E-state index is 0.352. The van der Waals surface area contributed by atoms with Gasteiger partial charge in [0.25, 0.3) is 0 Å². The average Bonchev–Trinajstić information content (AvgIpc) is 2.55. The van der Waals surface area contributed by atoms with Gasteiger partial charge in [-0.3, -0.25) is 0 Å². The highest BCUT2D eigenvalue weighted by molar-refractivity contribution is 7.96. The quantitative estimate of drug-likeness (QED) is 0.645. The summed E-state index contributed by atoms with van der Waals surface area (Å²) in [7, 11) is 0. The third-order valence-electron chi connectivity index (χ3n) is 3.16. The van der Waals surface area contributed by atoms with Crippen molar-refractivity contribution in [2.45, 2.75) is 38.0 Å². The Bertz CT molecular complexity index is 363. The zero-order valence-electron chi connectivity index (χ0n) is 10.1. The standard InChI is InChI=1S/C13H20N2S/c1-13(2)7-4-8-15(13)16-10-11-5-3-6-12(14)9-11/h3,5-6,9H,4,7-8,10,14H2,1-2H3. The van der Waals surface area contributed by atoms with Crippen LogP contribution in [0.3, 0.4) is 0 Å². The van der Waals surface area contributed by atoms with Crippen molar-refractivity contribution in [1.82, 2.24) is 4.31 Å². The van der Waals surface area contributed by atoms with Crippen LogP contribution < -0.4 is 5.73 Å². The first-order chi connectivity index (χ1) is 7.58. The van der Waals surface area contributed by atoms with Gasteiger partial charge in [0.1, 0.15) is 0 Å². The van der Waals surface area contributed by atoms with E-state index < -0.39 is 0 Å². The maximum Gasteiger partial charge on any atom is 0.0333 e. The van der Waals surface area contributed by atoms with E-state index in [1.54, 1.807) is 0 Å². The first kappa shape index (κ1) is 11.8. The molecule has 1 aliphatic heterocycles.